The molecule has 0 bridgehead atoms. The summed E-state index contributed by atoms with van der Waals surface area (Å²) in [5.41, 5.74) is 6.30. The van der Waals surface area contributed by atoms with Crippen LogP contribution >= 0.6 is 0 Å². The molecule has 0 radical (unpaired) electrons. The zero-order valence-corrected chi connectivity index (χ0v) is 11.2. The van der Waals surface area contributed by atoms with Gasteiger partial charge in [-0.3, -0.25) is 14.8 Å². The van der Waals surface area contributed by atoms with E-state index in [0.29, 0.717) is 11.4 Å². The number of carbonyl (C=O) groups is 1. The van der Waals surface area contributed by atoms with E-state index in [1.807, 2.05) is 4.90 Å². The van der Waals surface area contributed by atoms with Gasteiger partial charge in [0.1, 0.15) is 11.4 Å². The predicted octanol–water partition coefficient (Wildman–Crippen LogP) is 0.548. The second-order valence-corrected chi connectivity index (χ2v) is 5.65. The van der Waals surface area contributed by atoms with Gasteiger partial charge in [-0.15, -0.1) is 0 Å². The minimum absolute atomic E-state index is 0.0326. The molecule has 100 valence electrons. The van der Waals surface area contributed by atoms with E-state index in [0.717, 1.165) is 26.2 Å². The summed E-state index contributed by atoms with van der Waals surface area (Å²) in [6.07, 6.45) is 1.49. The van der Waals surface area contributed by atoms with Crippen LogP contribution in [0.1, 0.15) is 31.1 Å². The molecule has 1 amide bonds. The summed E-state index contributed by atoms with van der Waals surface area (Å²) in [5, 5.41) is 6.38. The minimum atomic E-state index is -0.0326. The summed E-state index contributed by atoms with van der Waals surface area (Å²) in [6, 6.07) is 0. The van der Waals surface area contributed by atoms with Gasteiger partial charge < -0.3 is 10.6 Å². The first kappa shape index (κ1) is 12.9. The summed E-state index contributed by atoms with van der Waals surface area (Å²) in [7, 11) is 0. The summed E-state index contributed by atoms with van der Waals surface area (Å²) in [5.74, 6) is 0.313. The van der Waals surface area contributed by atoms with Crippen molar-refractivity contribution in [1.29, 1.82) is 0 Å². The molecule has 0 aromatic carbocycles. The molecule has 6 heteroatoms. The largest absolute Gasteiger partial charge is 0.383 e. The van der Waals surface area contributed by atoms with E-state index in [-0.39, 0.29) is 11.4 Å². The second-order valence-electron chi connectivity index (χ2n) is 5.65. The van der Waals surface area contributed by atoms with Crippen LogP contribution in [0, 0.1) is 0 Å². The van der Waals surface area contributed by atoms with Crippen molar-refractivity contribution < 1.29 is 4.79 Å². The normalized spacial score (nSPS) is 18.1. The van der Waals surface area contributed by atoms with Gasteiger partial charge in [0.05, 0.1) is 6.20 Å². The zero-order valence-electron chi connectivity index (χ0n) is 11.2. The molecule has 18 heavy (non-hydrogen) atoms. The number of nitrogens with one attached hydrogen (secondary N) is 1. The van der Waals surface area contributed by atoms with Crippen molar-refractivity contribution in [3.8, 4) is 0 Å². The molecule has 2 heterocycles. The van der Waals surface area contributed by atoms with E-state index in [1.165, 1.54) is 6.20 Å². The third-order valence-corrected chi connectivity index (χ3v) is 3.41. The van der Waals surface area contributed by atoms with Gasteiger partial charge in [0.25, 0.3) is 5.91 Å². The number of amides is 1. The third-order valence-electron chi connectivity index (χ3n) is 3.41. The number of aromatic amines is 1. The van der Waals surface area contributed by atoms with Crippen molar-refractivity contribution in [3.05, 3.63) is 11.8 Å². The molecule has 1 aliphatic rings. The molecular formula is C12H21N5O. The first-order valence-corrected chi connectivity index (χ1v) is 6.23. The molecule has 2 rings (SSSR count). The summed E-state index contributed by atoms with van der Waals surface area (Å²) < 4.78 is 0. The van der Waals surface area contributed by atoms with Gasteiger partial charge in [0, 0.05) is 31.7 Å². The van der Waals surface area contributed by atoms with Crippen molar-refractivity contribution >= 4 is 11.7 Å². The monoisotopic (exact) mass is 251 g/mol. The Bertz CT molecular complexity index is 426. The zero-order chi connectivity index (χ0) is 13.3. The highest BCUT2D eigenvalue weighted by Gasteiger charge is 2.29. The van der Waals surface area contributed by atoms with E-state index in [1.54, 1.807) is 0 Å². The average molecular weight is 251 g/mol. The van der Waals surface area contributed by atoms with E-state index in [9.17, 15) is 4.79 Å². The Kier molecular flexibility index (Phi) is 3.30. The predicted molar refractivity (Wildman–Crippen MR) is 70.2 cm³/mol. The Morgan fingerprint density at radius 3 is 2.39 bits per heavy atom. The number of H-pyrrole nitrogens is 1. The summed E-state index contributed by atoms with van der Waals surface area (Å²) in [6.45, 7) is 9.84. The highest BCUT2D eigenvalue weighted by molar-refractivity contribution is 5.98. The molecule has 0 unspecified atom stereocenters. The molecule has 6 nitrogen and oxygen atoms in total. The van der Waals surface area contributed by atoms with Crippen LogP contribution in [0.4, 0.5) is 5.82 Å². The lowest BCUT2D eigenvalue weighted by Gasteiger charge is -2.42. The molecule has 0 aliphatic carbocycles. The second kappa shape index (κ2) is 4.61. The number of nitrogen functional groups attached to an aromatic ring is 1. The first-order chi connectivity index (χ1) is 8.39. The van der Waals surface area contributed by atoms with Crippen molar-refractivity contribution in [3.63, 3.8) is 0 Å². The minimum Gasteiger partial charge on any atom is -0.383 e. The van der Waals surface area contributed by atoms with Gasteiger partial charge in [0.15, 0.2) is 0 Å². The Labute approximate surface area is 107 Å². The fourth-order valence-corrected chi connectivity index (χ4v) is 2.22. The van der Waals surface area contributed by atoms with Crippen LogP contribution in [-0.2, 0) is 0 Å². The van der Waals surface area contributed by atoms with Crippen molar-refractivity contribution in [2.75, 3.05) is 31.9 Å². The topological polar surface area (TPSA) is 78.2 Å². The number of hydrogen-bond donors (Lipinski definition) is 2. The fraction of sp³-hybridized carbons (Fsp3) is 0.667. The molecule has 1 saturated heterocycles. The molecule has 1 fully saturated rings. The maximum Gasteiger partial charge on any atom is 0.259 e. The van der Waals surface area contributed by atoms with Crippen LogP contribution in [0.5, 0.6) is 0 Å². The van der Waals surface area contributed by atoms with E-state index in [2.05, 4.69) is 35.9 Å². The number of piperazine rings is 1. The average Bonchev–Trinajstić information content (AvgIpc) is 2.73. The molecule has 0 saturated carbocycles. The number of aromatic nitrogens is 2. The maximum absolute atomic E-state index is 12.2. The number of carbonyl (C=O) groups excluding carboxylic acids is 1. The van der Waals surface area contributed by atoms with Crippen LogP contribution in [0.15, 0.2) is 6.20 Å². The number of nitrogens with zero attached hydrogens (tertiary/aromatic N) is 3. The summed E-state index contributed by atoms with van der Waals surface area (Å²) >= 11 is 0. The van der Waals surface area contributed by atoms with Crippen LogP contribution in [0.3, 0.4) is 0 Å². The number of hydrogen-bond acceptors (Lipinski definition) is 4. The van der Waals surface area contributed by atoms with E-state index < -0.39 is 0 Å². The van der Waals surface area contributed by atoms with Crippen LogP contribution in [0.25, 0.3) is 0 Å². The first-order valence-electron chi connectivity index (χ1n) is 6.23. The van der Waals surface area contributed by atoms with Gasteiger partial charge >= 0.3 is 0 Å². The quantitative estimate of drug-likeness (QED) is 0.764. The smallest absolute Gasteiger partial charge is 0.259 e. The molecule has 1 aromatic heterocycles. The molecule has 0 spiro atoms. The molecule has 1 aromatic rings. The van der Waals surface area contributed by atoms with E-state index >= 15 is 0 Å². The lowest BCUT2D eigenvalue weighted by molar-refractivity contribution is 0.0452. The lowest BCUT2D eigenvalue weighted by atomic mass is 10.0. The number of rotatable bonds is 1. The lowest BCUT2D eigenvalue weighted by Crippen LogP contribution is -2.54. The Hall–Kier alpha value is -1.56. The third kappa shape index (κ3) is 2.48. The highest BCUT2D eigenvalue weighted by atomic mass is 16.2. The van der Waals surface area contributed by atoms with Crippen LogP contribution in [0.2, 0.25) is 0 Å². The highest BCUT2D eigenvalue weighted by Crippen LogP contribution is 2.18. The van der Waals surface area contributed by atoms with Gasteiger partial charge in [-0.25, -0.2) is 0 Å². The van der Waals surface area contributed by atoms with Crippen LogP contribution < -0.4 is 5.73 Å². The number of anilines is 1. The van der Waals surface area contributed by atoms with Gasteiger partial charge in [-0.1, -0.05) is 0 Å². The van der Waals surface area contributed by atoms with Gasteiger partial charge in [0.2, 0.25) is 0 Å². The standard InChI is InChI=1S/C12H21N5O/c1-12(2,3)17-6-4-16(5-7-17)11(18)9-8-14-15-10(9)13/h8H,4-7H2,1-3H3,(H3,13,14,15). The molecule has 1 aliphatic heterocycles. The SMILES string of the molecule is CC(C)(C)N1CCN(C(=O)c2cn[nH]c2N)CC1. The Balaban J connectivity index is 1.99. The molecule has 3 N–H and O–H groups in total. The molecule has 0 atom stereocenters. The number of nitrogens with two attached hydrogens (primary N) is 1. The molecular weight excluding hydrogens is 230 g/mol. The van der Waals surface area contributed by atoms with Crippen molar-refractivity contribution in [2.45, 2.75) is 26.3 Å². The fourth-order valence-electron chi connectivity index (χ4n) is 2.22. The Morgan fingerprint density at radius 2 is 1.94 bits per heavy atom. The van der Waals surface area contributed by atoms with Gasteiger partial charge in [-0.2, -0.15) is 5.10 Å². The summed E-state index contributed by atoms with van der Waals surface area (Å²) in [4.78, 5) is 16.4. The maximum atomic E-state index is 12.2. The Morgan fingerprint density at radius 1 is 1.33 bits per heavy atom. The van der Waals surface area contributed by atoms with E-state index in [4.69, 9.17) is 5.73 Å². The van der Waals surface area contributed by atoms with Crippen molar-refractivity contribution in [2.24, 2.45) is 0 Å². The van der Waals surface area contributed by atoms with Gasteiger partial charge in [-0.05, 0) is 20.8 Å². The van der Waals surface area contributed by atoms with Crippen molar-refractivity contribution in [1.82, 2.24) is 20.0 Å². The van der Waals surface area contributed by atoms with Crippen LogP contribution in [-0.4, -0.2) is 57.6 Å².